The maximum absolute atomic E-state index is 11.9. The third-order valence-electron chi connectivity index (χ3n) is 3.47. The Morgan fingerprint density at radius 1 is 1.08 bits per heavy atom. The van der Waals surface area contributed by atoms with Crippen LogP contribution in [0.3, 0.4) is 0 Å². The van der Waals surface area contributed by atoms with Crippen molar-refractivity contribution in [3.63, 3.8) is 0 Å². The fourth-order valence-corrected chi connectivity index (χ4v) is 3.12. The van der Waals surface area contributed by atoms with Gasteiger partial charge in [0.25, 0.3) is 0 Å². The molecule has 1 aromatic heterocycles. The summed E-state index contributed by atoms with van der Waals surface area (Å²) >= 11 is 1.32. The molecule has 0 aliphatic carbocycles. The molecule has 25 heavy (non-hydrogen) atoms. The molecule has 0 radical (unpaired) electrons. The number of hydrogen-bond donors (Lipinski definition) is 2. The molecule has 7 nitrogen and oxygen atoms in total. The van der Waals surface area contributed by atoms with E-state index in [0.29, 0.717) is 18.1 Å². The van der Waals surface area contributed by atoms with Crippen molar-refractivity contribution in [2.45, 2.75) is 32.0 Å². The zero-order valence-corrected chi connectivity index (χ0v) is 15.3. The fraction of sp³-hybridized carbons (Fsp3) is 0.412. The topological polar surface area (TPSA) is 88.9 Å². The molecule has 2 N–H and O–H groups in total. The Labute approximate surface area is 151 Å². The van der Waals surface area contributed by atoms with Crippen LogP contribution >= 0.6 is 11.8 Å². The number of carbonyl (C=O) groups is 2. The summed E-state index contributed by atoms with van der Waals surface area (Å²) in [6.07, 6.45) is 0.700. The largest absolute Gasteiger partial charge is 0.355 e. The molecule has 2 aromatic rings. The van der Waals surface area contributed by atoms with Gasteiger partial charge in [-0.05, 0) is 19.4 Å². The quantitative estimate of drug-likeness (QED) is 0.656. The Hall–Kier alpha value is -2.35. The molecule has 134 valence electrons. The first-order valence-electron chi connectivity index (χ1n) is 8.26. The number of carbonyl (C=O) groups excluding carboxylic acids is 2. The van der Waals surface area contributed by atoms with Crippen molar-refractivity contribution in [2.24, 2.45) is 0 Å². The molecule has 2 rings (SSSR count). The van der Waals surface area contributed by atoms with Crippen molar-refractivity contribution in [1.29, 1.82) is 0 Å². The van der Waals surface area contributed by atoms with Gasteiger partial charge in [-0.3, -0.25) is 9.59 Å². The summed E-state index contributed by atoms with van der Waals surface area (Å²) in [5, 5.41) is 14.4. The Bertz CT molecular complexity index is 702. The minimum absolute atomic E-state index is 0.00699. The van der Waals surface area contributed by atoms with E-state index in [1.165, 1.54) is 17.3 Å². The minimum Gasteiger partial charge on any atom is -0.355 e. The van der Waals surface area contributed by atoms with Gasteiger partial charge < -0.3 is 15.2 Å². The highest BCUT2D eigenvalue weighted by Crippen LogP contribution is 2.18. The zero-order valence-electron chi connectivity index (χ0n) is 14.5. The zero-order chi connectivity index (χ0) is 18.1. The van der Waals surface area contributed by atoms with E-state index in [1.54, 1.807) is 0 Å². The lowest BCUT2D eigenvalue weighted by molar-refractivity contribution is -0.124. The van der Waals surface area contributed by atoms with Gasteiger partial charge in [0, 0.05) is 19.5 Å². The van der Waals surface area contributed by atoms with Crippen LogP contribution in [0, 0.1) is 0 Å². The lowest BCUT2D eigenvalue weighted by Crippen LogP contribution is -2.37. The van der Waals surface area contributed by atoms with Crippen LogP contribution in [-0.2, 0) is 22.6 Å². The fourth-order valence-electron chi connectivity index (χ4n) is 2.27. The Kier molecular flexibility index (Phi) is 7.46. The van der Waals surface area contributed by atoms with Gasteiger partial charge in [-0.1, -0.05) is 42.1 Å². The molecule has 0 bridgehead atoms. The van der Waals surface area contributed by atoms with Gasteiger partial charge in [0.15, 0.2) is 5.16 Å². The lowest BCUT2D eigenvalue weighted by Gasteiger charge is -2.08. The van der Waals surface area contributed by atoms with Crippen molar-refractivity contribution in [1.82, 2.24) is 25.4 Å². The monoisotopic (exact) mass is 361 g/mol. The van der Waals surface area contributed by atoms with Crippen LogP contribution in [0.2, 0.25) is 0 Å². The van der Waals surface area contributed by atoms with Gasteiger partial charge in [-0.15, -0.1) is 10.2 Å². The molecular formula is C17H23N5O2S. The summed E-state index contributed by atoms with van der Waals surface area (Å²) in [4.78, 5) is 23.2. The van der Waals surface area contributed by atoms with Gasteiger partial charge in [0.2, 0.25) is 11.8 Å². The average Bonchev–Trinajstić information content (AvgIpc) is 3.01. The molecular weight excluding hydrogens is 338 g/mol. The number of rotatable bonds is 9. The highest BCUT2D eigenvalue weighted by Gasteiger charge is 2.13. The third-order valence-corrected chi connectivity index (χ3v) is 4.43. The van der Waals surface area contributed by atoms with Gasteiger partial charge in [0.05, 0.1) is 12.3 Å². The van der Waals surface area contributed by atoms with Gasteiger partial charge >= 0.3 is 0 Å². The second kappa shape index (κ2) is 9.83. The number of aromatic nitrogens is 3. The SMILES string of the molecule is CCNC(=O)CNC(=O)CSc1nnc(Cc2ccccc2)n1CC. The Balaban J connectivity index is 1.90. The first-order valence-corrected chi connectivity index (χ1v) is 9.24. The summed E-state index contributed by atoms with van der Waals surface area (Å²) in [6, 6.07) is 10.1. The number of amides is 2. The summed E-state index contributed by atoms with van der Waals surface area (Å²) in [5.74, 6) is 0.677. The molecule has 0 saturated heterocycles. The van der Waals surface area contributed by atoms with Gasteiger partial charge in [-0.25, -0.2) is 0 Å². The molecule has 0 fully saturated rings. The molecule has 0 atom stereocenters. The van der Waals surface area contributed by atoms with E-state index in [2.05, 4.69) is 33.0 Å². The number of nitrogens with zero attached hydrogens (tertiary/aromatic N) is 3. The second-order valence-electron chi connectivity index (χ2n) is 5.32. The first-order chi connectivity index (χ1) is 12.1. The molecule has 0 unspecified atom stereocenters. The second-order valence-corrected chi connectivity index (χ2v) is 6.27. The molecule has 0 aliphatic heterocycles. The highest BCUT2D eigenvalue weighted by atomic mass is 32.2. The molecule has 2 amide bonds. The lowest BCUT2D eigenvalue weighted by atomic mass is 10.1. The molecule has 1 aromatic carbocycles. The van der Waals surface area contributed by atoms with E-state index in [4.69, 9.17) is 0 Å². The predicted molar refractivity (Wildman–Crippen MR) is 97.4 cm³/mol. The smallest absolute Gasteiger partial charge is 0.239 e. The normalized spacial score (nSPS) is 10.5. The maximum Gasteiger partial charge on any atom is 0.239 e. The number of benzene rings is 1. The summed E-state index contributed by atoms with van der Waals surface area (Å²) in [6.45, 7) is 5.13. The first kappa shape index (κ1) is 19.0. The number of thioether (sulfide) groups is 1. The van der Waals surface area contributed by atoms with Crippen LogP contribution in [0.4, 0.5) is 0 Å². The van der Waals surface area contributed by atoms with E-state index >= 15 is 0 Å². The van der Waals surface area contributed by atoms with Crippen LogP contribution in [-0.4, -0.2) is 45.4 Å². The van der Waals surface area contributed by atoms with Crippen LogP contribution in [0.5, 0.6) is 0 Å². The van der Waals surface area contributed by atoms with Crippen LogP contribution in [0.15, 0.2) is 35.5 Å². The standard InChI is InChI=1S/C17H23N5O2S/c1-3-18-15(23)11-19-16(24)12-25-17-21-20-14(22(17)4-2)10-13-8-6-5-7-9-13/h5-9H,3-4,10-12H2,1-2H3,(H,18,23)(H,19,24). The van der Waals surface area contributed by atoms with E-state index in [1.807, 2.05) is 36.6 Å². The van der Waals surface area contributed by atoms with Crippen LogP contribution < -0.4 is 10.6 Å². The van der Waals surface area contributed by atoms with Crippen LogP contribution in [0.1, 0.15) is 25.2 Å². The van der Waals surface area contributed by atoms with Crippen molar-refractivity contribution >= 4 is 23.6 Å². The average molecular weight is 361 g/mol. The highest BCUT2D eigenvalue weighted by molar-refractivity contribution is 7.99. The van der Waals surface area contributed by atoms with Crippen molar-refractivity contribution < 1.29 is 9.59 Å². The van der Waals surface area contributed by atoms with E-state index in [-0.39, 0.29) is 24.1 Å². The van der Waals surface area contributed by atoms with Crippen LogP contribution in [0.25, 0.3) is 0 Å². The third kappa shape index (κ3) is 5.90. The number of hydrogen-bond acceptors (Lipinski definition) is 5. The molecule has 0 spiro atoms. The number of nitrogens with one attached hydrogen (secondary N) is 2. The maximum atomic E-state index is 11.9. The van der Waals surface area contributed by atoms with Crippen molar-refractivity contribution in [3.05, 3.63) is 41.7 Å². The summed E-state index contributed by atoms with van der Waals surface area (Å²) in [5.41, 5.74) is 1.17. The molecule has 0 saturated carbocycles. The van der Waals surface area contributed by atoms with Crippen molar-refractivity contribution in [3.8, 4) is 0 Å². The van der Waals surface area contributed by atoms with E-state index < -0.39 is 0 Å². The van der Waals surface area contributed by atoms with Crippen molar-refractivity contribution in [2.75, 3.05) is 18.8 Å². The predicted octanol–water partition coefficient (Wildman–Crippen LogP) is 1.23. The molecule has 1 heterocycles. The minimum atomic E-state index is -0.202. The number of likely N-dealkylation sites (N-methyl/N-ethyl adjacent to an activating group) is 1. The molecule has 8 heteroatoms. The Morgan fingerprint density at radius 2 is 1.84 bits per heavy atom. The van der Waals surface area contributed by atoms with Gasteiger partial charge in [0.1, 0.15) is 5.82 Å². The summed E-state index contributed by atoms with van der Waals surface area (Å²) in [7, 11) is 0. The summed E-state index contributed by atoms with van der Waals surface area (Å²) < 4.78 is 2.01. The Morgan fingerprint density at radius 3 is 2.52 bits per heavy atom. The van der Waals surface area contributed by atoms with E-state index in [9.17, 15) is 9.59 Å². The molecule has 0 aliphatic rings. The van der Waals surface area contributed by atoms with Gasteiger partial charge in [-0.2, -0.15) is 0 Å². The van der Waals surface area contributed by atoms with E-state index in [0.717, 1.165) is 12.4 Å².